The average molecular weight is 450 g/mol. The predicted molar refractivity (Wildman–Crippen MR) is 122 cm³/mol. The summed E-state index contributed by atoms with van der Waals surface area (Å²) in [6, 6.07) is 12.3. The van der Waals surface area contributed by atoms with Crippen molar-refractivity contribution in [2.45, 2.75) is 33.4 Å². The average Bonchev–Trinajstić information content (AvgIpc) is 3.40. The first-order chi connectivity index (χ1) is 15.9. The number of ether oxygens (including phenoxy) is 3. The van der Waals surface area contributed by atoms with Gasteiger partial charge in [-0.2, -0.15) is 0 Å². The molecule has 1 amide bonds. The van der Waals surface area contributed by atoms with E-state index in [-0.39, 0.29) is 18.6 Å². The van der Waals surface area contributed by atoms with Gasteiger partial charge in [-0.1, -0.05) is 17.3 Å². The van der Waals surface area contributed by atoms with Gasteiger partial charge in [0.05, 0.1) is 31.5 Å². The number of nitrogens with zero attached hydrogens (tertiary/aromatic N) is 1. The summed E-state index contributed by atoms with van der Waals surface area (Å²) in [6.07, 6.45) is 0. The Bertz CT molecular complexity index is 1270. The minimum absolute atomic E-state index is 0.259. The number of fused-ring (bicyclic) bond motifs is 1. The highest BCUT2D eigenvalue weighted by Crippen LogP contribution is 2.32. The molecule has 1 atom stereocenters. The number of aromatic nitrogens is 1. The fourth-order valence-corrected chi connectivity index (χ4v) is 3.57. The summed E-state index contributed by atoms with van der Waals surface area (Å²) in [7, 11) is 3.13. The summed E-state index contributed by atoms with van der Waals surface area (Å²) < 4.78 is 27.8. The number of hydrogen-bond donors (Lipinski definition) is 1. The van der Waals surface area contributed by atoms with Crippen LogP contribution in [0.25, 0.3) is 11.0 Å². The number of furan rings is 1. The van der Waals surface area contributed by atoms with E-state index in [0.29, 0.717) is 39.9 Å². The van der Waals surface area contributed by atoms with Gasteiger partial charge in [0.25, 0.3) is 5.91 Å². The number of aryl methyl sites for hydroxylation is 2. The number of carbonyl (C=O) groups is 1. The molecule has 0 aliphatic rings. The number of benzene rings is 2. The standard InChI is InChI=1S/C25H26N2O6/c1-14-19(16(3)33-27-14)13-31-20-10-9-18(12-23(20)30-5)25(28)26-15(2)22-11-17-7-6-8-21(29-4)24(17)32-22/h6-12,15H,13H2,1-5H3,(H,26,28). The van der Waals surface area contributed by atoms with Crippen molar-refractivity contribution in [1.29, 1.82) is 0 Å². The Kier molecular flexibility index (Phi) is 6.26. The minimum atomic E-state index is -0.351. The summed E-state index contributed by atoms with van der Waals surface area (Å²) in [4.78, 5) is 12.9. The van der Waals surface area contributed by atoms with E-state index in [4.69, 9.17) is 23.2 Å². The zero-order valence-electron chi connectivity index (χ0n) is 19.2. The second kappa shape index (κ2) is 9.28. The number of amides is 1. The highest BCUT2D eigenvalue weighted by molar-refractivity contribution is 5.95. The maximum absolute atomic E-state index is 12.9. The fraction of sp³-hybridized carbons (Fsp3) is 0.280. The zero-order chi connectivity index (χ0) is 23.5. The lowest BCUT2D eigenvalue weighted by Gasteiger charge is -2.14. The summed E-state index contributed by atoms with van der Waals surface area (Å²) in [5.74, 6) is 2.70. The molecule has 0 radical (unpaired) electrons. The number of carbonyl (C=O) groups excluding carboxylic acids is 1. The van der Waals surface area contributed by atoms with E-state index in [2.05, 4.69) is 10.5 Å². The Morgan fingerprint density at radius 3 is 2.55 bits per heavy atom. The lowest BCUT2D eigenvalue weighted by atomic mass is 10.1. The van der Waals surface area contributed by atoms with E-state index in [9.17, 15) is 4.79 Å². The molecule has 0 aliphatic heterocycles. The van der Waals surface area contributed by atoms with Gasteiger partial charge in [-0.05, 0) is 51.1 Å². The van der Waals surface area contributed by atoms with Crippen LogP contribution in [0.4, 0.5) is 0 Å². The smallest absolute Gasteiger partial charge is 0.252 e. The second-order valence-electron chi connectivity index (χ2n) is 7.68. The lowest BCUT2D eigenvalue weighted by molar-refractivity contribution is 0.0935. The third-order valence-electron chi connectivity index (χ3n) is 5.50. The zero-order valence-corrected chi connectivity index (χ0v) is 19.2. The van der Waals surface area contributed by atoms with Gasteiger partial charge in [0, 0.05) is 10.9 Å². The molecule has 0 spiro atoms. The van der Waals surface area contributed by atoms with Gasteiger partial charge in [-0.15, -0.1) is 0 Å². The maximum Gasteiger partial charge on any atom is 0.252 e. The van der Waals surface area contributed by atoms with Gasteiger partial charge >= 0.3 is 0 Å². The summed E-state index contributed by atoms with van der Waals surface area (Å²) >= 11 is 0. The normalized spacial score (nSPS) is 11.9. The number of para-hydroxylation sites is 1. The molecule has 172 valence electrons. The molecule has 4 aromatic rings. The van der Waals surface area contributed by atoms with Gasteiger partial charge in [0.1, 0.15) is 18.1 Å². The highest BCUT2D eigenvalue weighted by atomic mass is 16.5. The van der Waals surface area contributed by atoms with Crippen molar-refractivity contribution in [3.8, 4) is 17.2 Å². The van der Waals surface area contributed by atoms with Crippen molar-refractivity contribution in [2.24, 2.45) is 0 Å². The third-order valence-corrected chi connectivity index (χ3v) is 5.50. The molecule has 2 heterocycles. The molecule has 2 aromatic heterocycles. The Labute approximate surface area is 191 Å². The Balaban J connectivity index is 1.48. The van der Waals surface area contributed by atoms with E-state index in [1.54, 1.807) is 25.3 Å². The van der Waals surface area contributed by atoms with Crippen molar-refractivity contribution in [2.75, 3.05) is 14.2 Å². The van der Waals surface area contributed by atoms with Gasteiger partial charge in [0.2, 0.25) is 0 Å². The SMILES string of the molecule is COc1cc(C(=O)NC(C)c2cc3cccc(OC)c3o2)ccc1OCc1c(C)noc1C. The topological polar surface area (TPSA) is 96.0 Å². The second-order valence-corrected chi connectivity index (χ2v) is 7.68. The molecule has 8 heteroatoms. The van der Waals surface area contributed by atoms with Crippen molar-refractivity contribution in [3.05, 3.63) is 70.8 Å². The van der Waals surface area contributed by atoms with Crippen LogP contribution in [0, 0.1) is 13.8 Å². The van der Waals surface area contributed by atoms with Crippen LogP contribution >= 0.6 is 0 Å². The van der Waals surface area contributed by atoms with Crippen molar-refractivity contribution < 1.29 is 27.9 Å². The van der Waals surface area contributed by atoms with Crippen molar-refractivity contribution >= 4 is 16.9 Å². The largest absolute Gasteiger partial charge is 0.493 e. The van der Waals surface area contributed by atoms with Gasteiger partial charge in [-0.25, -0.2) is 0 Å². The van der Waals surface area contributed by atoms with Crippen LogP contribution in [-0.4, -0.2) is 25.3 Å². The lowest BCUT2D eigenvalue weighted by Crippen LogP contribution is -2.26. The van der Waals surface area contributed by atoms with Gasteiger partial charge < -0.3 is 28.5 Å². The van der Waals surface area contributed by atoms with Crippen molar-refractivity contribution in [3.63, 3.8) is 0 Å². The van der Waals surface area contributed by atoms with Crippen LogP contribution in [0.5, 0.6) is 17.2 Å². The number of rotatable bonds is 8. The molecule has 0 aliphatic carbocycles. The van der Waals surface area contributed by atoms with Crippen LogP contribution in [-0.2, 0) is 6.61 Å². The molecule has 0 fully saturated rings. The number of hydrogen-bond acceptors (Lipinski definition) is 7. The number of nitrogens with one attached hydrogen (secondary N) is 1. The molecular formula is C25H26N2O6. The minimum Gasteiger partial charge on any atom is -0.493 e. The first kappa shape index (κ1) is 22.3. The summed E-state index contributed by atoms with van der Waals surface area (Å²) in [5.41, 5.74) is 2.75. The van der Waals surface area contributed by atoms with E-state index in [1.807, 2.05) is 45.0 Å². The molecule has 1 N–H and O–H groups in total. The van der Waals surface area contributed by atoms with Crippen LogP contribution in [0.2, 0.25) is 0 Å². The molecule has 33 heavy (non-hydrogen) atoms. The van der Waals surface area contributed by atoms with Crippen LogP contribution in [0.15, 0.2) is 51.4 Å². The fourth-order valence-electron chi connectivity index (χ4n) is 3.57. The predicted octanol–water partition coefficient (Wildman–Crippen LogP) is 5.12. The Morgan fingerprint density at radius 2 is 1.85 bits per heavy atom. The van der Waals surface area contributed by atoms with E-state index < -0.39 is 0 Å². The Hall–Kier alpha value is -3.94. The molecule has 0 bridgehead atoms. The quantitative estimate of drug-likeness (QED) is 0.398. The van der Waals surface area contributed by atoms with E-state index in [1.165, 1.54) is 7.11 Å². The maximum atomic E-state index is 12.9. The highest BCUT2D eigenvalue weighted by Gasteiger charge is 2.19. The van der Waals surface area contributed by atoms with Crippen LogP contribution in [0.3, 0.4) is 0 Å². The molecule has 4 rings (SSSR count). The molecule has 1 unspecified atom stereocenters. The van der Waals surface area contributed by atoms with Gasteiger partial charge in [0.15, 0.2) is 22.8 Å². The summed E-state index contributed by atoms with van der Waals surface area (Å²) in [5, 5.41) is 7.80. The molecule has 8 nitrogen and oxygen atoms in total. The third kappa shape index (κ3) is 4.50. The first-order valence-electron chi connectivity index (χ1n) is 10.5. The van der Waals surface area contributed by atoms with Crippen molar-refractivity contribution in [1.82, 2.24) is 10.5 Å². The molecular weight excluding hydrogens is 424 g/mol. The van der Waals surface area contributed by atoms with E-state index >= 15 is 0 Å². The monoisotopic (exact) mass is 450 g/mol. The van der Waals surface area contributed by atoms with Gasteiger partial charge in [-0.3, -0.25) is 4.79 Å². The summed E-state index contributed by atoms with van der Waals surface area (Å²) in [6.45, 7) is 5.85. The van der Waals surface area contributed by atoms with E-state index in [0.717, 1.165) is 16.6 Å². The molecule has 0 saturated carbocycles. The van der Waals surface area contributed by atoms with Crippen LogP contribution < -0.4 is 19.5 Å². The number of methoxy groups -OCH3 is 2. The molecule has 2 aromatic carbocycles. The van der Waals surface area contributed by atoms with Crippen LogP contribution in [0.1, 0.15) is 46.1 Å². The Morgan fingerprint density at radius 1 is 1.06 bits per heavy atom. The first-order valence-corrected chi connectivity index (χ1v) is 10.5. The molecule has 0 saturated heterocycles.